The highest BCUT2D eigenvalue weighted by atomic mass is 35.5. The molecule has 1 aliphatic rings. The molecule has 10 heteroatoms. The van der Waals surface area contributed by atoms with Crippen molar-refractivity contribution in [2.45, 2.75) is 51.6 Å². The van der Waals surface area contributed by atoms with Crippen molar-refractivity contribution in [3.05, 3.63) is 40.9 Å². The number of nitrogen functional groups attached to an aromatic ring is 1. The van der Waals surface area contributed by atoms with E-state index >= 15 is 0 Å². The Bertz CT molecular complexity index is 1160. The topological polar surface area (TPSA) is 128 Å². The zero-order valence-corrected chi connectivity index (χ0v) is 19.9. The maximum Gasteiger partial charge on any atom is 0.220 e. The number of carbonyl (C=O) groups excluding carboxylic acids is 1. The molecule has 0 spiro atoms. The number of benzene rings is 1. The second kappa shape index (κ2) is 9.52. The van der Waals surface area contributed by atoms with E-state index in [9.17, 15) is 4.79 Å². The first-order chi connectivity index (χ1) is 15.8. The molecule has 4 rings (SSSR count). The van der Waals surface area contributed by atoms with Gasteiger partial charge in [-0.3, -0.25) is 4.79 Å². The molecule has 1 unspecified atom stereocenters. The Morgan fingerprint density at radius 3 is 2.85 bits per heavy atom. The Morgan fingerprint density at radius 1 is 1.27 bits per heavy atom. The predicted octanol–water partition coefficient (Wildman–Crippen LogP) is 2.50. The normalized spacial score (nSPS) is 18.2. The molecule has 1 fully saturated rings. The van der Waals surface area contributed by atoms with Crippen LogP contribution in [0.15, 0.2) is 24.8 Å². The molecule has 3 aromatic rings. The Labute approximate surface area is 198 Å². The number of nitrogens with zero attached hydrogens (tertiary/aromatic N) is 5. The molecule has 3 heterocycles. The van der Waals surface area contributed by atoms with Gasteiger partial charge < -0.3 is 26.3 Å². The molecule has 1 aromatic carbocycles. The highest BCUT2D eigenvalue weighted by molar-refractivity contribution is 6.31. The second-order valence-electron chi connectivity index (χ2n) is 8.71. The number of hydrogen-bond acceptors (Lipinski definition) is 7. The van der Waals surface area contributed by atoms with Crippen LogP contribution in [0.25, 0.3) is 11.2 Å². The summed E-state index contributed by atoms with van der Waals surface area (Å²) in [6, 6.07) is 4.03. The summed E-state index contributed by atoms with van der Waals surface area (Å²) in [5.74, 6) is 0.413. The molecule has 2 aromatic heterocycles. The van der Waals surface area contributed by atoms with Gasteiger partial charge in [0.05, 0.1) is 12.9 Å². The van der Waals surface area contributed by atoms with E-state index in [2.05, 4.69) is 32.1 Å². The van der Waals surface area contributed by atoms with Gasteiger partial charge in [0.15, 0.2) is 11.5 Å². The standard InChI is InChI=1S/C23H31ClN8O/c1-3-15-9-16(24)10-18(31-8-7-23(26,12-31)6-5-19(33)27-4-2)17(15)11-32-14-30-20-21(25)28-13-29-22(20)32/h9-10,13-14H,3-8,11-12,26H2,1-2H3,(H,27,33)(H2,25,28,29). The smallest absolute Gasteiger partial charge is 0.220 e. The molecule has 0 radical (unpaired) electrons. The van der Waals surface area contributed by atoms with E-state index in [0.717, 1.165) is 30.6 Å². The number of amides is 1. The molecular weight excluding hydrogens is 440 g/mol. The quantitative estimate of drug-likeness (QED) is 0.461. The highest BCUT2D eigenvalue weighted by Gasteiger charge is 2.36. The Kier molecular flexibility index (Phi) is 6.71. The van der Waals surface area contributed by atoms with Gasteiger partial charge in [0.1, 0.15) is 11.8 Å². The average Bonchev–Trinajstić information content (AvgIpc) is 3.38. The van der Waals surface area contributed by atoms with Gasteiger partial charge in [0.2, 0.25) is 5.91 Å². The van der Waals surface area contributed by atoms with Gasteiger partial charge in [-0.05, 0) is 49.4 Å². The molecule has 0 aliphatic carbocycles. The van der Waals surface area contributed by atoms with Crippen LogP contribution in [0.3, 0.4) is 0 Å². The van der Waals surface area contributed by atoms with Crippen molar-refractivity contribution in [1.29, 1.82) is 0 Å². The Hall–Kier alpha value is -2.91. The number of hydrogen-bond donors (Lipinski definition) is 3. The highest BCUT2D eigenvalue weighted by Crippen LogP contribution is 2.35. The zero-order chi connectivity index (χ0) is 23.6. The van der Waals surface area contributed by atoms with Crippen LogP contribution in [0.5, 0.6) is 0 Å². The maximum absolute atomic E-state index is 12.0. The van der Waals surface area contributed by atoms with Crippen molar-refractivity contribution >= 4 is 40.2 Å². The molecule has 0 bridgehead atoms. The van der Waals surface area contributed by atoms with Crippen LogP contribution < -0.4 is 21.7 Å². The number of fused-ring (bicyclic) bond motifs is 1. The molecule has 1 aliphatic heterocycles. The van der Waals surface area contributed by atoms with E-state index in [1.165, 1.54) is 11.9 Å². The minimum Gasteiger partial charge on any atom is -0.382 e. The summed E-state index contributed by atoms with van der Waals surface area (Å²) < 4.78 is 1.99. The van der Waals surface area contributed by atoms with Crippen molar-refractivity contribution in [2.75, 3.05) is 30.3 Å². The van der Waals surface area contributed by atoms with Gasteiger partial charge in [-0.1, -0.05) is 18.5 Å². The summed E-state index contributed by atoms with van der Waals surface area (Å²) in [6.07, 6.45) is 5.94. The molecular formula is C23H31ClN8O. The van der Waals surface area contributed by atoms with E-state index < -0.39 is 5.54 Å². The van der Waals surface area contributed by atoms with Gasteiger partial charge in [-0.2, -0.15) is 0 Å². The van der Waals surface area contributed by atoms with Crippen LogP contribution in [-0.2, 0) is 17.8 Å². The fourth-order valence-electron chi connectivity index (χ4n) is 4.60. The third-order valence-corrected chi connectivity index (χ3v) is 6.59. The van der Waals surface area contributed by atoms with Crippen LogP contribution >= 0.6 is 11.6 Å². The Balaban J connectivity index is 1.63. The lowest BCUT2D eigenvalue weighted by Gasteiger charge is -2.28. The number of imidazole rings is 1. The third-order valence-electron chi connectivity index (χ3n) is 6.37. The van der Waals surface area contributed by atoms with E-state index in [1.807, 2.05) is 23.6 Å². The van der Waals surface area contributed by atoms with Crippen LogP contribution in [0, 0.1) is 0 Å². The summed E-state index contributed by atoms with van der Waals surface area (Å²) >= 11 is 6.52. The van der Waals surface area contributed by atoms with Crippen molar-refractivity contribution < 1.29 is 4.79 Å². The molecule has 1 amide bonds. The lowest BCUT2D eigenvalue weighted by atomic mass is 9.93. The number of halogens is 1. The molecule has 1 saturated heterocycles. The average molecular weight is 471 g/mol. The largest absolute Gasteiger partial charge is 0.382 e. The predicted molar refractivity (Wildman–Crippen MR) is 131 cm³/mol. The Morgan fingerprint density at radius 2 is 2.09 bits per heavy atom. The molecule has 0 saturated carbocycles. The van der Waals surface area contributed by atoms with Crippen molar-refractivity contribution in [1.82, 2.24) is 24.8 Å². The second-order valence-corrected chi connectivity index (χ2v) is 9.14. The number of carbonyl (C=O) groups is 1. The van der Waals surface area contributed by atoms with Crippen molar-refractivity contribution in [3.8, 4) is 0 Å². The van der Waals surface area contributed by atoms with E-state index in [1.54, 1.807) is 6.33 Å². The fourth-order valence-corrected chi connectivity index (χ4v) is 4.83. The van der Waals surface area contributed by atoms with Gasteiger partial charge in [0.25, 0.3) is 0 Å². The fraction of sp³-hybridized carbons (Fsp3) is 0.478. The minimum atomic E-state index is -0.416. The summed E-state index contributed by atoms with van der Waals surface area (Å²) in [7, 11) is 0. The van der Waals surface area contributed by atoms with Crippen molar-refractivity contribution in [2.24, 2.45) is 5.73 Å². The van der Waals surface area contributed by atoms with Crippen LogP contribution in [0.4, 0.5) is 11.5 Å². The molecule has 5 N–H and O–H groups in total. The summed E-state index contributed by atoms with van der Waals surface area (Å²) in [5.41, 5.74) is 17.0. The number of aromatic nitrogens is 4. The van der Waals surface area contributed by atoms with Crippen molar-refractivity contribution in [3.63, 3.8) is 0 Å². The lowest BCUT2D eigenvalue weighted by Crippen LogP contribution is -2.44. The first-order valence-electron chi connectivity index (χ1n) is 11.4. The van der Waals surface area contributed by atoms with Crippen LogP contribution in [-0.4, -0.2) is 50.6 Å². The monoisotopic (exact) mass is 470 g/mol. The van der Waals surface area contributed by atoms with E-state index in [-0.39, 0.29) is 5.91 Å². The molecule has 1 atom stereocenters. The number of anilines is 2. The maximum atomic E-state index is 12.0. The summed E-state index contributed by atoms with van der Waals surface area (Å²) in [5, 5.41) is 3.55. The molecule has 176 valence electrons. The first kappa shape index (κ1) is 23.3. The number of nitrogens with one attached hydrogen (secondary N) is 1. The third kappa shape index (κ3) is 4.89. The minimum absolute atomic E-state index is 0.0470. The van der Waals surface area contributed by atoms with Crippen LogP contribution in [0.2, 0.25) is 5.02 Å². The summed E-state index contributed by atoms with van der Waals surface area (Å²) in [4.78, 5) is 27.1. The van der Waals surface area contributed by atoms with Gasteiger partial charge >= 0.3 is 0 Å². The number of aryl methyl sites for hydroxylation is 1. The molecule has 33 heavy (non-hydrogen) atoms. The number of nitrogens with two attached hydrogens (primary N) is 2. The van der Waals surface area contributed by atoms with E-state index in [0.29, 0.717) is 54.5 Å². The first-order valence-corrected chi connectivity index (χ1v) is 11.7. The van der Waals surface area contributed by atoms with Gasteiger partial charge in [-0.25, -0.2) is 15.0 Å². The van der Waals surface area contributed by atoms with Gasteiger partial charge in [0, 0.05) is 42.3 Å². The zero-order valence-electron chi connectivity index (χ0n) is 19.1. The number of rotatable bonds is 8. The molecule has 9 nitrogen and oxygen atoms in total. The van der Waals surface area contributed by atoms with Gasteiger partial charge in [-0.15, -0.1) is 0 Å². The van der Waals surface area contributed by atoms with Crippen LogP contribution in [0.1, 0.15) is 44.2 Å². The lowest BCUT2D eigenvalue weighted by molar-refractivity contribution is -0.121. The summed E-state index contributed by atoms with van der Waals surface area (Å²) in [6.45, 7) is 6.73. The SMILES string of the molecule is CCNC(=O)CCC1(N)CCN(c2cc(Cl)cc(CC)c2Cn2cnc3c(N)ncnc32)C1. The van der Waals surface area contributed by atoms with E-state index in [4.69, 9.17) is 23.1 Å².